The molecule has 1 fully saturated rings. The average molecular weight is 241 g/mol. The van der Waals surface area contributed by atoms with Crippen molar-refractivity contribution in [3.63, 3.8) is 0 Å². The number of morpholine rings is 1. The van der Waals surface area contributed by atoms with Crippen LogP contribution in [0.5, 0.6) is 0 Å². The number of nitrogens with two attached hydrogens (primary N) is 1. The number of halogens is 1. The van der Waals surface area contributed by atoms with E-state index < -0.39 is 0 Å². The van der Waals surface area contributed by atoms with Gasteiger partial charge < -0.3 is 15.4 Å². The Labute approximate surface area is 101 Å². The van der Waals surface area contributed by atoms with Gasteiger partial charge in [-0.3, -0.25) is 0 Å². The van der Waals surface area contributed by atoms with Crippen LogP contribution in [0, 0.1) is 0 Å². The first kappa shape index (κ1) is 11.7. The molecule has 1 aromatic carbocycles. The molecule has 1 aromatic rings. The Bertz CT molecular complexity index is 351. The molecule has 0 spiro atoms. The van der Waals surface area contributed by atoms with Crippen molar-refractivity contribution >= 4 is 17.3 Å². The molecule has 4 heteroatoms. The van der Waals surface area contributed by atoms with Gasteiger partial charge in [0.1, 0.15) is 0 Å². The molecule has 1 aliphatic rings. The first-order valence-corrected chi connectivity index (χ1v) is 6.00. The van der Waals surface area contributed by atoms with Gasteiger partial charge in [0.05, 0.1) is 13.2 Å². The fourth-order valence-corrected chi connectivity index (χ4v) is 2.17. The fourth-order valence-electron chi connectivity index (χ4n) is 2.00. The number of ether oxygens (including phenoxy) is 1. The Morgan fingerprint density at radius 2 is 2.06 bits per heavy atom. The molecule has 0 aliphatic carbocycles. The molecule has 1 saturated heterocycles. The third-order valence-electron chi connectivity index (χ3n) is 2.81. The number of hydrogen-bond acceptors (Lipinski definition) is 3. The lowest BCUT2D eigenvalue weighted by atomic mass is 10.1. The molecule has 2 rings (SSSR count). The van der Waals surface area contributed by atoms with E-state index in [1.807, 2.05) is 12.1 Å². The molecule has 0 amide bonds. The van der Waals surface area contributed by atoms with Crippen LogP contribution >= 0.6 is 11.6 Å². The van der Waals surface area contributed by atoms with E-state index in [4.69, 9.17) is 22.1 Å². The number of benzene rings is 1. The minimum Gasteiger partial charge on any atom is -0.378 e. The summed E-state index contributed by atoms with van der Waals surface area (Å²) in [5, 5.41) is 0.780. The normalized spacial score (nSPS) is 16.5. The Morgan fingerprint density at radius 3 is 2.75 bits per heavy atom. The van der Waals surface area contributed by atoms with Crippen LogP contribution in [0.3, 0.4) is 0 Å². The second kappa shape index (κ2) is 5.53. The second-order valence-corrected chi connectivity index (χ2v) is 4.35. The molecule has 0 unspecified atom stereocenters. The summed E-state index contributed by atoms with van der Waals surface area (Å²) in [5.74, 6) is 0. The minimum atomic E-state index is 0.666. The van der Waals surface area contributed by atoms with Crippen LogP contribution in [0.15, 0.2) is 18.2 Å². The van der Waals surface area contributed by atoms with Gasteiger partial charge in [-0.15, -0.1) is 0 Å². The van der Waals surface area contributed by atoms with Crippen LogP contribution in [0.25, 0.3) is 0 Å². The highest BCUT2D eigenvalue weighted by molar-refractivity contribution is 6.30. The third-order valence-corrected chi connectivity index (χ3v) is 3.05. The maximum atomic E-state index is 6.05. The molecule has 16 heavy (non-hydrogen) atoms. The minimum absolute atomic E-state index is 0.666. The van der Waals surface area contributed by atoms with Crippen LogP contribution in [0.1, 0.15) is 5.56 Å². The van der Waals surface area contributed by atoms with E-state index in [0.717, 1.165) is 37.7 Å². The molecule has 0 atom stereocenters. The Balaban J connectivity index is 2.24. The van der Waals surface area contributed by atoms with Gasteiger partial charge >= 0.3 is 0 Å². The predicted molar refractivity (Wildman–Crippen MR) is 67.2 cm³/mol. The monoisotopic (exact) mass is 240 g/mol. The van der Waals surface area contributed by atoms with E-state index >= 15 is 0 Å². The fraction of sp³-hybridized carbons (Fsp3) is 0.500. The van der Waals surface area contributed by atoms with E-state index in [1.165, 1.54) is 11.3 Å². The Hall–Kier alpha value is -0.770. The zero-order chi connectivity index (χ0) is 11.4. The van der Waals surface area contributed by atoms with Gasteiger partial charge in [-0.1, -0.05) is 17.7 Å². The van der Waals surface area contributed by atoms with Crippen LogP contribution < -0.4 is 10.6 Å². The molecule has 0 aromatic heterocycles. The Kier molecular flexibility index (Phi) is 4.04. The summed E-state index contributed by atoms with van der Waals surface area (Å²) in [7, 11) is 0. The summed E-state index contributed by atoms with van der Waals surface area (Å²) in [6.45, 7) is 4.10. The highest BCUT2D eigenvalue weighted by Crippen LogP contribution is 2.25. The van der Waals surface area contributed by atoms with E-state index in [1.54, 1.807) is 0 Å². The molecule has 3 nitrogen and oxygen atoms in total. The summed E-state index contributed by atoms with van der Waals surface area (Å²) in [5.41, 5.74) is 8.10. The van der Waals surface area contributed by atoms with Gasteiger partial charge in [0, 0.05) is 23.8 Å². The van der Waals surface area contributed by atoms with E-state index in [9.17, 15) is 0 Å². The van der Waals surface area contributed by atoms with Crippen LogP contribution in [-0.4, -0.2) is 32.8 Å². The van der Waals surface area contributed by atoms with Crippen molar-refractivity contribution in [1.29, 1.82) is 0 Å². The smallest absolute Gasteiger partial charge is 0.0642 e. The van der Waals surface area contributed by atoms with Crippen molar-refractivity contribution in [2.45, 2.75) is 6.42 Å². The van der Waals surface area contributed by atoms with Gasteiger partial charge in [0.25, 0.3) is 0 Å². The van der Waals surface area contributed by atoms with Gasteiger partial charge in [-0.25, -0.2) is 0 Å². The molecule has 2 N–H and O–H groups in total. The van der Waals surface area contributed by atoms with Crippen molar-refractivity contribution in [3.8, 4) is 0 Å². The maximum Gasteiger partial charge on any atom is 0.0642 e. The molecule has 88 valence electrons. The van der Waals surface area contributed by atoms with Crippen LogP contribution in [0.2, 0.25) is 5.02 Å². The number of hydrogen-bond donors (Lipinski definition) is 1. The molecule has 1 aliphatic heterocycles. The van der Waals surface area contributed by atoms with Crippen LogP contribution in [-0.2, 0) is 11.2 Å². The predicted octanol–water partition coefficient (Wildman–Crippen LogP) is 1.68. The SMILES string of the molecule is NCCc1ccc(Cl)cc1N1CCOCC1. The van der Waals surface area contributed by atoms with E-state index in [-0.39, 0.29) is 0 Å². The number of anilines is 1. The third kappa shape index (κ3) is 2.67. The second-order valence-electron chi connectivity index (χ2n) is 3.91. The summed E-state index contributed by atoms with van der Waals surface area (Å²) in [4.78, 5) is 2.32. The molecule has 0 bridgehead atoms. The van der Waals surface area contributed by atoms with Gasteiger partial charge in [-0.2, -0.15) is 0 Å². The van der Waals surface area contributed by atoms with E-state index in [0.29, 0.717) is 6.54 Å². The van der Waals surface area contributed by atoms with Crippen LogP contribution in [0.4, 0.5) is 5.69 Å². The van der Waals surface area contributed by atoms with Gasteiger partial charge in [0.2, 0.25) is 0 Å². The highest BCUT2D eigenvalue weighted by Gasteiger charge is 2.14. The quantitative estimate of drug-likeness (QED) is 0.874. The zero-order valence-corrected chi connectivity index (χ0v) is 10.0. The van der Waals surface area contributed by atoms with Crippen molar-refractivity contribution < 1.29 is 4.74 Å². The molecular weight excluding hydrogens is 224 g/mol. The van der Waals surface area contributed by atoms with Gasteiger partial charge in [-0.05, 0) is 30.7 Å². The lowest BCUT2D eigenvalue weighted by Gasteiger charge is -2.30. The maximum absolute atomic E-state index is 6.05. The lowest BCUT2D eigenvalue weighted by Crippen LogP contribution is -2.36. The lowest BCUT2D eigenvalue weighted by molar-refractivity contribution is 0.122. The summed E-state index contributed by atoms with van der Waals surface area (Å²) < 4.78 is 5.35. The van der Waals surface area contributed by atoms with Crippen molar-refractivity contribution in [3.05, 3.63) is 28.8 Å². The molecule has 0 radical (unpaired) electrons. The van der Waals surface area contributed by atoms with Crippen molar-refractivity contribution in [2.75, 3.05) is 37.7 Å². The van der Waals surface area contributed by atoms with E-state index in [2.05, 4.69) is 11.0 Å². The standard InChI is InChI=1S/C12H17ClN2O/c13-11-2-1-10(3-4-14)12(9-11)15-5-7-16-8-6-15/h1-2,9H,3-8,14H2. The Morgan fingerprint density at radius 1 is 1.31 bits per heavy atom. The molecule has 0 saturated carbocycles. The molecular formula is C12H17ClN2O. The first-order valence-electron chi connectivity index (χ1n) is 5.62. The molecule has 1 heterocycles. The average Bonchev–Trinajstić information content (AvgIpc) is 2.33. The topological polar surface area (TPSA) is 38.5 Å². The number of nitrogens with zero attached hydrogens (tertiary/aromatic N) is 1. The highest BCUT2D eigenvalue weighted by atomic mass is 35.5. The van der Waals surface area contributed by atoms with Crippen molar-refractivity contribution in [1.82, 2.24) is 0 Å². The summed E-state index contributed by atoms with van der Waals surface area (Å²) >= 11 is 6.05. The zero-order valence-electron chi connectivity index (χ0n) is 9.29. The van der Waals surface area contributed by atoms with Crippen molar-refractivity contribution in [2.24, 2.45) is 5.73 Å². The summed E-state index contributed by atoms with van der Waals surface area (Å²) in [6, 6.07) is 6.02. The van der Waals surface area contributed by atoms with Gasteiger partial charge in [0.15, 0.2) is 0 Å². The largest absolute Gasteiger partial charge is 0.378 e. The number of rotatable bonds is 3. The first-order chi connectivity index (χ1) is 7.81. The summed E-state index contributed by atoms with van der Waals surface area (Å²) in [6.07, 6.45) is 0.893.